The number of alkyl halides is 1. The molecule has 0 aromatic rings. The van der Waals surface area contributed by atoms with Crippen molar-refractivity contribution in [2.24, 2.45) is 0 Å². The van der Waals surface area contributed by atoms with E-state index in [9.17, 15) is 4.79 Å². The van der Waals surface area contributed by atoms with Gasteiger partial charge in [-0.15, -0.1) is 0 Å². The van der Waals surface area contributed by atoms with Gasteiger partial charge in [-0.05, 0) is 19.6 Å². The highest BCUT2D eigenvalue weighted by Crippen LogP contribution is 2.40. The summed E-state index contributed by atoms with van der Waals surface area (Å²) in [7, 11) is -1.78. The number of carbonyl (C=O) groups is 1. The number of ether oxygens (including phenoxy) is 1. The molecular weight excluding hydrogens is 276 g/mol. The molecule has 1 heterocycles. The molecule has 0 saturated carbocycles. The Hall–Kier alpha value is -0.133. The van der Waals surface area contributed by atoms with E-state index in [4.69, 9.17) is 9.16 Å². The second-order valence-electron chi connectivity index (χ2n) is 4.98. The first-order valence-corrected chi connectivity index (χ1v) is 9.43. The van der Waals surface area contributed by atoms with E-state index in [-0.39, 0.29) is 23.0 Å². The summed E-state index contributed by atoms with van der Waals surface area (Å²) in [5.41, 5.74) is 0.762. The SMILES string of the molecule is C[Si](C)(C)OC(=O)C1=CC(Br)C2OC2C1. The fourth-order valence-corrected chi connectivity index (χ4v) is 3.14. The number of carbonyl (C=O) groups excluding carboxylic acids is 1. The van der Waals surface area contributed by atoms with Gasteiger partial charge in [0.25, 0.3) is 0 Å². The molecule has 3 nitrogen and oxygen atoms in total. The third kappa shape index (κ3) is 2.71. The molecule has 3 unspecified atom stereocenters. The topological polar surface area (TPSA) is 38.8 Å². The van der Waals surface area contributed by atoms with E-state index in [0.29, 0.717) is 6.42 Å². The number of epoxide rings is 1. The summed E-state index contributed by atoms with van der Waals surface area (Å²) in [5.74, 6) is -0.160. The number of rotatable bonds is 2. The minimum Gasteiger partial charge on any atom is -0.517 e. The lowest BCUT2D eigenvalue weighted by Gasteiger charge is -2.20. The second kappa shape index (κ2) is 3.71. The molecule has 5 heteroatoms. The van der Waals surface area contributed by atoms with Gasteiger partial charge >= 0.3 is 5.97 Å². The molecular formula is C10H15BrO3Si. The molecule has 0 bridgehead atoms. The quantitative estimate of drug-likeness (QED) is 0.445. The molecule has 84 valence electrons. The number of fused-ring (bicyclic) bond motifs is 1. The van der Waals surface area contributed by atoms with E-state index in [1.807, 2.05) is 25.7 Å². The van der Waals surface area contributed by atoms with Crippen LogP contribution >= 0.6 is 15.9 Å². The Labute approximate surface area is 99.1 Å². The standard InChI is InChI=1S/C10H15BrO3Si/c1-15(2,3)14-10(12)6-4-7(11)9-8(5-6)13-9/h4,7-9H,5H2,1-3H3. The lowest BCUT2D eigenvalue weighted by molar-refractivity contribution is -0.131. The molecule has 2 rings (SSSR count). The van der Waals surface area contributed by atoms with Crippen molar-refractivity contribution in [3.8, 4) is 0 Å². The summed E-state index contributed by atoms with van der Waals surface area (Å²) in [6, 6.07) is 0. The molecule has 1 fully saturated rings. The highest BCUT2D eigenvalue weighted by atomic mass is 79.9. The van der Waals surface area contributed by atoms with E-state index in [0.717, 1.165) is 5.57 Å². The third-order valence-electron chi connectivity index (χ3n) is 2.38. The first-order chi connectivity index (χ1) is 6.87. The van der Waals surface area contributed by atoms with Crippen LogP contribution in [0.15, 0.2) is 11.6 Å². The summed E-state index contributed by atoms with van der Waals surface area (Å²) >= 11 is 3.49. The van der Waals surface area contributed by atoms with Crippen LogP contribution in [0.25, 0.3) is 0 Å². The van der Waals surface area contributed by atoms with E-state index in [1.54, 1.807) is 0 Å². The van der Waals surface area contributed by atoms with Gasteiger partial charge in [-0.1, -0.05) is 22.0 Å². The van der Waals surface area contributed by atoms with Gasteiger partial charge in [0.2, 0.25) is 8.32 Å². The largest absolute Gasteiger partial charge is 0.517 e. The van der Waals surface area contributed by atoms with Crippen molar-refractivity contribution >= 4 is 30.2 Å². The van der Waals surface area contributed by atoms with Crippen LogP contribution in [0.5, 0.6) is 0 Å². The van der Waals surface area contributed by atoms with Crippen LogP contribution in [0.3, 0.4) is 0 Å². The molecule has 0 aromatic carbocycles. The van der Waals surface area contributed by atoms with Gasteiger partial charge in [0.1, 0.15) is 6.10 Å². The zero-order valence-corrected chi connectivity index (χ0v) is 11.7. The maximum atomic E-state index is 11.8. The second-order valence-corrected chi connectivity index (χ2v) is 10.5. The predicted octanol–water partition coefficient (Wildman–Crippen LogP) is 2.23. The maximum Gasteiger partial charge on any atom is 0.320 e. The zero-order chi connectivity index (χ0) is 11.2. The van der Waals surface area contributed by atoms with Gasteiger partial charge < -0.3 is 9.16 Å². The van der Waals surface area contributed by atoms with Gasteiger partial charge in [0, 0.05) is 12.0 Å². The molecule has 0 amide bonds. The third-order valence-corrected chi connectivity index (χ3v) is 3.96. The Morgan fingerprint density at radius 3 is 2.80 bits per heavy atom. The number of hydrogen-bond donors (Lipinski definition) is 0. The van der Waals surface area contributed by atoms with E-state index in [2.05, 4.69) is 15.9 Å². The number of hydrogen-bond acceptors (Lipinski definition) is 3. The van der Waals surface area contributed by atoms with Crippen molar-refractivity contribution < 1.29 is 14.0 Å². The van der Waals surface area contributed by atoms with Crippen LogP contribution in [0, 0.1) is 0 Å². The van der Waals surface area contributed by atoms with Gasteiger partial charge in [-0.2, -0.15) is 0 Å². The Kier molecular flexibility index (Phi) is 2.81. The minimum absolute atomic E-state index is 0.160. The Bertz CT molecular complexity index is 321. The molecule has 0 N–H and O–H groups in total. The van der Waals surface area contributed by atoms with Crippen molar-refractivity contribution in [3.63, 3.8) is 0 Å². The van der Waals surface area contributed by atoms with Crippen LogP contribution < -0.4 is 0 Å². The van der Waals surface area contributed by atoms with Crippen LogP contribution in [0.4, 0.5) is 0 Å². The molecule has 1 aliphatic carbocycles. The normalized spacial score (nSPS) is 34.1. The van der Waals surface area contributed by atoms with E-state index in [1.165, 1.54) is 0 Å². The number of halogens is 1. The fraction of sp³-hybridized carbons (Fsp3) is 0.700. The summed E-state index contributed by atoms with van der Waals surface area (Å²) < 4.78 is 10.9. The summed E-state index contributed by atoms with van der Waals surface area (Å²) in [6.45, 7) is 6.03. The smallest absolute Gasteiger partial charge is 0.320 e. The molecule has 2 aliphatic rings. The Morgan fingerprint density at radius 1 is 1.60 bits per heavy atom. The predicted molar refractivity (Wildman–Crippen MR) is 63.5 cm³/mol. The average molecular weight is 291 g/mol. The Morgan fingerprint density at radius 2 is 2.27 bits per heavy atom. The first-order valence-electron chi connectivity index (χ1n) is 5.10. The lowest BCUT2D eigenvalue weighted by Crippen LogP contribution is -2.31. The van der Waals surface area contributed by atoms with E-state index >= 15 is 0 Å². The maximum absolute atomic E-state index is 11.8. The Balaban J connectivity index is 2.02. The minimum atomic E-state index is -1.78. The molecule has 1 saturated heterocycles. The summed E-state index contributed by atoms with van der Waals surface area (Å²) in [4.78, 5) is 12.0. The highest BCUT2D eigenvalue weighted by Gasteiger charge is 2.47. The molecule has 1 aliphatic heterocycles. The molecule has 0 radical (unpaired) electrons. The van der Waals surface area contributed by atoms with Crippen molar-refractivity contribution in [2.45, 2.75) is 43.1 Å². The lowest BCUT2D eigenvalue weighted by atomic mass is 10.00. The van der Waals surface area contributed by atoms with Crippen LogP contribution in [0.2, 0.25) is 19.6 Å². The first kappa shape index (κ1) is 11.4. The van der Waals surface area contributed by atoms with Crippen LogP contribution in [0.1, 0.15) is 6.42 Å². The summed E-state index contributed by atoms with van der Waals surface area (Å²) in [5, 5.41) is 0. The van der Waals surface area contributed by atoms with Crippen molar-refractivity contribution in [3.05, 3.63) is 11.6 Å². The van der Waals surface area contributed by atoms with Gasteiger partial charge in [-0.25, -0.2) is 4.79 Å². The molecule has 15 heavy (non-hydrogen) atoms. The average Bonchev–Trinajstić information content (AvgIpc) is 2.79. The monoisotopic (exact) mass is 290 g/mol. The zero-order valence-electron chi connectivity index (χ0n) is 9.12. The summed E-state index contributed by atoms with van der Waals surface area (Å²) in [6.07, 6.45) is 3.13. The van der Waals surface area contributed by atoms with Crippen LogP contribution in [-0.2, 0) is 14.0 Å². The molecule has 3 atom stereocenters. The molecule has 0 aromatic heterocycles. The van der Waals surface area contributed by atoms with Gasteiger partial charge in [-0.3, -0.25) is 0 Å². The van der Waals surface area contributed by atoms with Crippen molar-refractivity contribution in [2.75, 3.05) is 0 Å². The van der Waals surface area contributed by atoms with Crippen molar-refractivity contribution in [1.29, 1.82) is 0 Å². The fourth-order valence-electron chi connectivity index (χ4n) is 1.67. The molecule has 0 spiro atoms. The highest BCUT2D eigenvalue weighted by molar-refractivity contribution is 9.09. The van der Waals surface area contributed by atoms with Gasteiger partial charge in [0.15, 0.2) is 0 Å². The van der Waals surface area contributed by atoms with Gasteiger partial charge in [0.05, 0.1) is 10.9 Å². The van der Waals surface area contributed by atoms with Crippen molar-refractivity contribution in [1.82, 2.24) is 0 Å². The van der Waals surface area contributed by atoms with E-state index < -0.39 is 8.32 Å². The van der Waals surface area contributed by atoms with Crippen LogP contribution in [-0.4, -0.2) is 31.3 Å².